The molecule has 0 aliphatic heterocycles. The Morgan fingerprint density at radius 1 is 1.29 bits per heavy atom. The molecule has 0 fully saturated rings. The first-order chi connectivity index (χ1) is 10.1. The number of fused-ring (bicyclic) bond motifs is 1. The number of ether oxygens (including phenoxy) is 1. The summed E-state index contributed by atoms with van der Waals surface area (Å²) in [5.41, 5.74) is 1.31. The third-order valence-electron chi connectivity index (χ3n) is 3.71. The van der Waals surface area contributed by atoms with Crippen molar-refractivity contribution in [3.05, 3.63) is 21.4 Å². The van der Waals surface area contributed by atoms with Gasteiger partial charge in [0.2, 0.25) is 0 Å². The number of rotatable bonds is 4. The zero-order valence-electron chi connectivity index (χ0n) is 12.7. The minimum absolute atomic E-state index is 0.174. The molecule has 5 heteroatoms. The van der Waals surface area contributed by atoms with Gasteiger partial charge in [-0.15, -0.1) is 11.3 Å². The summed E-state index contributed by atoms with van der Waals surface area (Å²) in [6.07, 6.45) is 7.08. The lowest BCUT2D eigenvalue weighted by atomic mass is 10.00. The summed E-state index contributed by atoms with van der Waals surface area (Å²) in [5.74, 6) is -0.562. The highest BCUT2D eigenvalue weighted by atomic mass is 32.1. The minimum atomic E-state index is -0.609. The van der Waals surface area contributed by atoms with E-state index in [9.17, 15) is 9.59 Å². The van der Waals surface area contributed by atoms with Crippen LogP contribution in [0.15, 0.2) is 6.07 Å². The zero-order chi connectivity index (χ0) is 15.2. The molecular weight excluding hydrogens is 286 g/mol. The predicted molar refractivity (Wildman–Crippen MR) is 83.8 cm³/mol. The maximum Gasteiger partial charge on any atom is 0.328 e. The summed E-state index contributed by atoms with van der Waals surface area (Å²) >= 11 is 1.57. The molecule has 1 atom stereocenters. The summed E-state index contributed by atoms with van der Waals surface area (Å²) in [7, 11) is 0. The third kappa shape index (κ3) is 4.30. The highest BCUT2D eigenvalue weighted by molar-refractivity contribution is 7.14. The van der Waals surface area contributed by atoms with Crippen molar-refractivity contribution in [2.45, 2.75) is 58.4 Å². The number of hydrogen-bond donors (Lipinski definition) is 1. The van der Waals surface area contributed by atoms with Crippen molar-refractivity contribution in [2.24, 2.45) is 0 Å². The average Bonchev–Trinajstić information content (AvgIpc) is 2.81. The molecule has 0 saturated heterocycles. The molecule has 1 aromatic heterocycles. The van der Waals surface area contributed by atoms with Gasteiger partial charge in [0.25, 0.3) is 5.91 Å². The standard InChI is InChI=1S/C16H23NO3S/c1-3-20-16(19)11(2)17-15(18)14-10-12-8-6-4-5-7-9-13(12)21-14/h10-11H,3-9H2,1-2H3,(H,17,18). The first-order valence-corrected chi connectivity index (χ1v) is 8.52. The maximum absolute atomic E-state index is 12.2. The summed E-state index contributed by atoms with van der Waals surface area (Å²) < 4.78 is 4.90. The molecule has 1 aliphatic rings. The van der Waals surface area contributed by atoms with Gasteiger partial charge in [0.15, 0.2) is 0 Å². The Balaban J connectivity index is 2.02. The molecular formula is C16H23NO3S. The van der Waals surface area contributed by atoms with Crippen LogP contribution >= 0.6 is 11.3 Å². The van der Waals surface area contributed by atoms with Crippen LogP contribution in [-0.4, -0.2) is 24.5 Å². The van der Waals surface area contributed by atoms with Crippen LogP contribution in [0.4, 0.5) is 0 Å². The zero-order valence-corrected chi connectivity index (χ0v) is 13.6. The van der Waals surface area contributed by atoms with Gasteiger partial charge in [-0.1, -0.05) is 12.8 Å². The van der Waals surface area contributed by atoms with Crippen LogP contribution in [0.2, 0.25) is 0 Å². The van der Waals surface area contributed by atoms with E-state index in [0.717, 1.165) is 12.8 Å². The highest BCUT2D eigenvalue weighted by Crippen LogP contribution is 2.28. The molecule has 1 N–H and O–H groups in total. The van der Waals surface area contributed by atoms with E-state index in [1.54, 1.807) is 25.2 Å². The highest BCUT2D eigenvalue weighted by Gasteiger charge is 2.20. The van der Waals surface area contributed by atoms with Crippen LogP contribution in [0.25, 0.3) is 0 Å². The third-order valence-corrected chi connectivity index (χ3v) is 4.94. The summed E-state index contributed by atoms with van der Waals surface area (Å²) in [4.78, 5) is 25.8. The average molecular weight is 309 g/mol. The Morgan fingerprint density at radius 2 is 2.00 bits per heavy atom. The largest absolute Gasteiger partial charge is 0.464 e. The Labute approximate surface area is 129 Å². The van der Waals surface area contributed by atoms with E-state index in [1.807, 2.05) is 6.07 Å². The van der Waals surface area contributed by atoms with E-state index in [0.29, 0.717) is 11.5 Å². The number of nitrogens with one attached hydrogen (secondary N) is 1. The number of thiophene rings is 1. The van der Waals surface area contributed by atoms with E-state index < -0.39 is 6.04 Å². The molecule has 0 radical (unpaired) electrons. The number of hydrogen-bond acceptors (Lipinski definition) is 4. The van der Waals surface area contributed by atoms with Gasteiger partial charge in [0.1, 0.15) is 6.04 Å². The molecule has 0 spiro atoms. The minimum Gasteiger partial charge on any atom is -0.464 e. The van der Waals surface area contributed by atoms with Crippen LogP contribution in [0, 0.1) is 0 Å². The lowest BCUT2D eigenvalue weighted by Crippen LogP contribution is -2.39. The quantitative estimate of drug-likeness (QED) is 0.870. The second kappa shape index (κ2) is 7.59. The van der Waals surface area contributed by atoms with Crippen molar-refractivity contribution in [1.29, 1.82) is 0 Å². The fourth-order valence-electron chi connectivity index (χ4n) is 2.55. The first-order valence-electron chi connectivity index (χ1n) is 7.71. The van der Waals surface area contributed by atoms with Gasteiger partial charge >= 0.3 is 5.97 Å². The van der Waals surface area contributed by atoms with Gasteiger partial charge in [-0.05, 0) is 51.2 Å². The summed E-state index contributed by atoms with van der Waals surface area (Å²) in [5, 5.41) is 2.72. The number of carbonyl (C=O) groups is 2. The topological polar surface area (TPSA) is 55.4 Å². The van der Waals surface area contributed by atoms with Crippen molar-refractivity contribution in [3.63, 3.8) is 0 Å². The molecule has 2 rings (SSSR count). The number of amides is 1. The molecule has 0 aromatic carbocycles. The van der Waals surface area contributed by atoms with E-state index in [1.165, 1.54) is 36.1 Å². The molecule has 116 valence electrons. The SMILES string of the molecule is CCOC(=O)C(C)NC(=O)c1cc2c(s1)CCCCCC2. The molecule has 0 bridgehead atoms. The normalized spacial score (nSPS) is 16.3. The Kier molecular flexibility index (Phi) is 5.79. The Morgan fingerprint density at radius 3 is 2.71 bits per heavy atom. The van der Waals surface area contributed by atoms with Gasteiger partial charge in [-0.25, -0.2) is 4.79 Å². The maximum atomic E-state index is 12.2. The van der Waals surface area contributed by atoms with Gasteiger partial charge in [0.05, 0.1) is 11.5 Å². The van der Waals surface area contributed by atoms with E-state index in [4.69, 9.17) is 4.74 Å². The van der Waals surface area contributed by atoms with Crippen LogP contribution in [0.1, 0.15) is 59.6 Å². The molecule has 4 nitrogen and oxygen atoms in total. The smallest absolute Gasteiger partial charge is 0.328 e. The fraction of sp³-hybridized carbons (Fsp3) is 0.625. The number of carbonyl (C=O) groups excluding carboxylic acids is 2. The Bertz CT molecular complexity index is 484. The molecule has 0 saturated carbocycles. The lowest BCUT2D eigenvalue weighted by molar-refractivity contribution is -0.144. The molecule has 1 aliphatic carbocycles. The number of esters is 1. The summed E-state index contributed by atoms with van der Waals surface area (Å²) in [6, 6.07) is 1.39. The van der Waals surface area contributed by atoms with Crippen molar-refractivity contribution in [3.8, 4) is 0 Å². The summed E-state index contributed by atoms with van der Waals surface area (Å²) in [6.45, 7) is 3.73. The van der Waals surface area contributed by atoms with E-state index in [2.05, 4.69) is 5.32 Å². The molecule has 21 heavy (non-hydrogen) atoms. The van der Waals surface area contributed by atoms with Crippen molar-refractivity contribution in [1.82, 2.24) is 5.32 Å². The van der Waals surface area contributed by atoms with Gasteiger partial charge in [0, 0.05) is 4.88 Å². The number of aryl methyl sites for hydroxylation is 2. The van der Waals surface area contributed by atoms with Gasteiger partial charge in [-0.2, -0.15) is 0 Å². The second-order valence-electron chi connectivity index (χ2n) is 5.42. The molecule has 1 heterocycles. The predicted octanol–water partition coefficient (Wildman–Crippen LogP) is 3.09. The lowest BCUT2D eigenvalue weighted by Gasteiger charge is -2.11. The van der Waals surface area contributed by atoms with Crippen LogP contribution < -0.4 is 5.32 Å². The monoisotopic (exact) mass is 309 g/mol. The fourth-order valence-corrected chi connectivity index (χ4v) is 3.71. The van der Waals surface area contributed by atoms with Crippen LogP contribution in [0.3, 0.4) is 0 Å². The van der Waals surface area contributed by atoms with Gasteiger partial charge in [-0.3, -0.25) is 4.79 Å². The van der Waals surface area contributed by atoms with Crippen LogP contribution in [-0.2, 0) is 22.4 Å². The molecule has 1 aromatic rings. The van der Waals surface area contributed by atoms with Crippen molar-refractivity contribution < 1.29 is 14.3 Å². The van der Waals surface area contributed by atoms with Gasteiger partial charge < -0.3 is 10.1 Å². The van der Waals surface area contributed by atoms with Crippen molar-refractivity contribution >= 4 is 23.2 Å². The molecule has 1 amide bonds. The first kappa shape index (κ1) is 16.0. The van der Waals surface area contributed by atoms with Crippen molar-refractivity contribution in [2.75, 3.05) is 6.61 Å². The van der Waals surface area contributed by atoms with E-state index >= 15 is 0 Å². The molecule has 1 unspecified atom stereocenters. The van der Waals surface area contributed by atoms with E-state index in [-0.39, 0.29) is 11.9 Å². The van der Waals surface area contributed by atoms with Crippen LogP contribution in [0.5, 0.6) is 0 Å². The second-order valence-corrected chi connectivity index (χ2v) is 6.56. The Hall–Kier alpha value is -1.36.